The lowest BCUT2D eigenvalue weighted by molar-refractivity contribution is -0.384. The number of aromatic nitrogens is 4. The van der Waals surface area contributed by atoms with Crippen LogP contribution in [0.1, 0.15) is 5.56 Å². The van der Waals surface area contributed by atoms with E-state index in [1.807, 2.05) is 23.6 Å². The molecule has 1 N–H and O–H groups in total. The molecule has 0 fully saturated rings. The van der Waals surface area contributed by atoms with Crippen molar-refractivity contribution in [3.05, 3.63) is 74.8 Å². The highest BCUT2D eigenvalue weighted by molar-refractivity contribution is 7.13. The molecule has 29 heavy (non-hydrogen) atoms. The molecule has 0 atom stereocenters. The predicted octanol–water partition coefficient (Wildman–Crippen LogP) is 4.07. The van der Waals surface area contributed by atoms with Crippen molar-refractivity contribution in [2.45, 2.75) is 0 Å². The number of carbonyl (C=O) groups excluding carboxylic acids is 1. The molecule has 0 saturated heterocycles. The van der Waals surface area contributed by atoms with Gasteiger partial charge in [-0.15, -0.1) is 16.4 Å². The molecule has 11 heteroatoms. The summed E-state index contributed by atoms with van der Waals surface area (Å²) in [5.41, 5.74) is 1.03. The number of carbonyl (C=O) groups is 1. The smallest absolute Gasteiger partial charge is 0.270 e. The Balaban J connectivity index is 1.55. The molecule has 0 radical (unpaired) electrons. The zero-order valence-electron chi connectivity index (χ0n) is 14.5. The van der Waals surface area contributed by atoms with Crippen LogP contribution < -0.4 is 5.32 Å². The third-order valence-corrected chi connectivity index (χ3v) is 5.09. The summed E-state index contributed by atoms with van der Waals surface area (Å²) in [5.74, 6) is -0.0839. The van der Waals surface area contributed by atoms with Crippen molar-refractivity contribution in [2.75, 3.05) is 5.32 Å². The van der Waals surface area contributed by atoms with Gasteiger partial charge in [-0.1, -0.05) is 17.7 Å². The molecule has 4 aromatic rings. The molecular formula is C18H11ClN6O3S. The summed E-state index contributed by atoms with van der Waals surface area (Å²) < 4.78 is 1.54. The molecule has 1 aromatic carbocycles. The molecule has 4 rings (SSSR count). The van der Waals surface area contributed by atoms with Crippen LogP contribution in [-0.4, -0.2) is 30.4 Å². The van der Waals surface area contributed by atoms with Crippen LogP contribution in [0.2, 0.25) is 5.02 Å². The largest absolute Gasteiger partial charge is 0.290 e. The van der Waals surface area contributed by atoms with Crippen LogP contribution in [0.3, 0.4) is 0 Å². The molecule has 0 aliphatic rings. The van der Waals surface area contributed by atoms with Crippen LogP contribution in [0.15, 0.2) is 54.1 Å². The fourth-order valence-electron chi connectivity index (χ4n) is 2.55. The first-order valence-electron chi connectivity index (χ1n) is 8.20. The molecule has 0 unspecified atom stereocenters. The van der Waals surface area contributed by atoms with E-state index in [1.54, 1.807) is 22.0 Å². The van der Waals surface area contributed by atoms with Crippen LogP contribution >= 0.6 is 22.9 Å². The number of nitrogens with one attached hydrogen (secondary N) is 1. The highest BCUT2D eigenvalue weighted by Gasteiger charge is 2.12. The van der Waals surface area contributed by atoms with E-state index in [9.17, 15) is 14.9 Å². The topological polar surface area (TPSA) is 115 Å². The van der Waals surface area contributed by atoms with Gasteiger partial charge < -0.3 is 0 Å². The molecule has 0 spiro atoms. The average molecular weight is 427 g/mol. The Morgan fingerprint density at radius 1 is 1.31 bits per heavy atom. The quantitative estimate of drug-likeness (QED) is 0.292. The molecule has 144 valence electrons. The van der Waals surface area contributed by atoms with E-state index in [0.717, 1.165) is 10.6 Å². The lowest BCUT2D eigenvalue weighted by Crippen LogP contribution is -2.09. The van der Waals surface area contributed by atoms with Gasteiger partial charge >= 0.3 is 0 Å². The number of non-ortho nitro benzene ring substituents is 1. The number of halogens is 1. The Labute approximate surface area is 172 Å². The highest BCUT2D eigenvalue weighted by atomic mass is 35.5. The van der Waals surface area contributed by atoms with Crippen molar-refractivity contribution in [3.8, 4) is 10.6 Å². The molecule has 0 saturated carbocycles. The summed E-state index contributed by atoms with van der Waals surface area (Å²) >= 11 is 7.57. The summed E-state index contributed by atoms with van der Waals surface area (Å²) in [7, 11) is 0. The second kappa shape index (κ2) is 7.78. The van der Waals surface area contributed by atoms with Gasteiger partial charge in [-0.3, -0.25) is 20.2 Å². The van der Waals surface area contributed by atoms with Gasteiger partial charge in [-0.2, -0.15) is 9.50 Å². The maximum atomic E-state index is 12.2. The van der Waals surface area contributed by atoms with E-state index in [1.165, 1.54) is 30.4 Å². The van der Waals surface area contributed by atoms with Crippen LogP contribution in [0.4, 0.5) is 11.6 Å². The summed E-state index contributed by atoms with van der Waals surface area (Å²) in [6.07, 6.45) is 4.20. The second-order valence-electron chi connectivity index (χ2n) is 5.74. The molecule has 9 nitrogen and oxygen atoms in total. The van der Waals surface area contributed by atoms with Crippen molar-refractivity contribution < 1.29 is 9.72 Å². The monoisotopic (exact) mass is 426 g/mol. The Bertz CT molecular complexity index is 1250. The average Bonchev–Trinajstić information content (AvgIpc) is 3.36. The SMILES string of the molecule is O=C(/C=C/c1cc([N+](=O)[O-])ccc1Cl)Nc1nc2nccc(-c3cccs3)n2n1. The number of nitro groups is 1. The van der Waals surface area contributed by atoms with E-state index >= 15 is 0 Å². The molecule has 3 aromatic heterocycles. The van der Waals surface area contributed by atoms with Crippen molar-refractivity contribution in [1.82, 2.24) is 19.6 Å². The van der Waals surface area contributed by atoms with Crippen molar-refractivity contribution in [2.24, 2.45) is 0 Å². The Morgan fingerprint density at radius 3 is 2.93 bits per heavy atom. The van der Waals surface area contributed by atoms with Gasteiger partial charge in [-0.25, -0.2) is 4.98 Å². The van der Waals surface area contributed by atoms with E-state index in [0.29, 0.717) is 11.3 Å². The molecule has 1 amide bonds. The van der Waals surface area contributed by atoms with Crippen LogP contribution in [-0.2, 0) is 4.79 Å². The standard InChI is InChI=1S/C18H11ClN6O3S/c19-13-5-4-12(25(27)28)10-11(13)3-6-16(26)21-17-22-18-20-8-7-14(24(18)23-17)15-2-1-9-29-15/h1-10H,(H,21,23,26)/b6-3+. The number of amides is 1. The number of nitrogens with zero attached hydrogens (tertiary/aromatic N) is 5. The van der Waals surface area contributed by atoms with Crippen LogP contribution in [0, 0.1) is 10.1 Å². The van der Waals surface area contributed by atoms with Gasteiger partial charge in [0.1, 0.15) is 0 Å². The molecular weight excluding hydrogens is 416 g/mol. The molecule has 3 heterocycles. The maximum absolute atomic E-state index is 12.2. The van der Waals surface area contributed by atoms with Crippen molar-refractivity contribution in [3.63, 3.8) is 0 Å². The normalized spacial score (nSPS) is 11.2. The predicted molar refractivity (Wildman–Crippen MR) is 110 cm³/mol. The van der Waals surface area contributed by atoms with Crippen LogP contribution in [0.5, 0.6) is 0 Å². The van der Waals surface area contributed by atoms with Crippen molar-refractivity contribution in [1.29, 1.82) is 0 Å². The molecule has 0 aliphatic carbocycles. The number of hydrogen-bond acceptors (Lipinski definition) is 7. The Kier molecular flexibility index (Phi) is 5.02. The summed E-state index contributed by atoms with van der Waals surface area (Å²) in [6, 6.07) is 9.66. The zero-order chi connectivity index (χ0) is 20.4. The Morgan fingerprint density at radius 2 is 2.17 bits per heavy atom. The number of nitro benzene ring substituents is 1. The number of thiophene rings is 1. The fourth-order valence-corrected chi connectivity index (χ4v) is 3.46. The zero-order valence-corrected chi connectivity index (χ0v) is 16.1. The first kappa shape index (κ1) is 18.7. The van der Waals surface area contributed by atoms with Gasteiger partial charge in [0.15, 0.2) is 0 Å². The van der Waals surface area contributed by atoms with Gasteiger partial charge in [0.2, 0.25) is 0 Å². The van der Waals surface area contributed by atoms with E-state index in [2.05, 4.69) is 20.4 Å². The van der Waals surface area contributed by atoms with E-state index in [-0.39, 0.29) is 16.7 Å². The van der Waals surface area contributed by atoms with Gasteiger partial charge in [-0.05, 0) is 29.7 Å². The molecule has 0 aliphatic heterocycles. The van der Waals surface area contributed by atoms with E-state index < -0.39 is 10.8 Å². The number of rotatable bonds is 5. The lowest BCUT2D eigenvalue weighted by Gasteiger charge is -1.99. The van der Waals surface area contributed by atoms with E-state index in [4.69, 9.17) is 11.6 Å². The Hall–Kier alpha value is -3.63. The summed E-state index contributed by atoms with van der Waals surface area (Å²) in [5, 5.41) is 19.9. The van der Waals surface area contributed by atoms with Gasteiger partial charge in [0.25, 0.3) is 23.3 Å². The van der Waals surface area contributed by atoms with Crippen LogP contribution in [0.25, 0.3) is 22.4 Å². The number of anilines is 1. The first-order valence-corrected chi connectivity index (χ1v) is 9.46. The summed E-state index contributed by atoms with van der Waals surface area (Å²) in [4.78, 5) is 31.9. The fraction of sp³-hybridized carbons (Fsp3) is 0. The lowest BCUT2D eigenvalue weighted by atomic mass is 10.2. The molecule has 0 bridgehead atoms. The van der Waals surface area contributed by atoms with Gasteiger partial charge in [0.05, 0.1) is 15.5 Å². The minimum Gasteiger partial charge on any atom is -0.290 e. The second-order valence-corrected chi connectivity index (χ2v) is 7.09. The summed E-state index contributed by atoms with van der Waals surface area (Å²) in [6.45, 7) is 0. The first-order chi connectivity index (χ1) is 14.0. The highest BCUT2D eigenvalue weighted by Crippen LogP contribution is 2.25. The third-order valence-electron chi connectivity index (χ3n) is 3.85. The van der Waals surface area contributed by atoms with Crippen molar-refractivity contribution >= 4 is 52.3 Å². The minimum absolute atomic E-state index is 0.0845. The third kappa shape index (κ3) is 3.98. The minimum atomic E-state index is -0.535. The number of hydrogen-bond donors (Lipinski definition) is 1. The number of fused-ring (bicyclic) bond motifs is 1. The van der Waals surface area contributed by atoms with Gasteiger partial charge in [0, 0.05) is 35.0 Å². The maximum Gasteiger partial charge on any atom is 0.270 e. The number of benzene rings is 1.